The van der Waals surface area contributed by atoms with Crippen molar-refractivity contribution in [3.63, 3.8) is 0 Å². The molecule has 0 radical (unpaired) electrons. The van der Waals surface area contributed by atoms with Crippen molar-refractivity contribution in [2.75, 3.05) is 0 Å². The number of nitrogens with zero attached hydrogens (tertiary/aromatic N) is 1. The van der Waals surface area contributed by atoms with Crippen molar-refractivity contribution in [2.45, 2.75) is 111 Å². The monoisotopic (exact) mass is 491 g/mol. The minimum atomic E-state index is -1.09. The molecule has 1 rings (SSSR count). The number of alkyl carbamates (subject to hydrolysis) is 1. The Morgan fingerprint density at radius 2 is 1.54 bits per heavy atom. The van der Waals surface area contributed by atoms with Crippen LogP contribution in [0, 0.1) is 5.92 Å². The Hall–Kier alpha value is -2.77. The number of phenols is 1. The highest BCUT2D eigenvalue weighted by molar-refractivity contribution is 5.92. The van der Waals surface area contributed by atoms with Gasteiger partial charge in [-0.1, -0.05) is 32.0 Å². The second-order valence-corrected chi connectivity index (χ2v) is 11.6. The van der Waals surface area contributed by atoms with Gasteiger partial charge in [0.2, 0.25) is 11.8 Å². The second kappa shape index (κ2) is 12.3. The maximum absolute atomic E-state index is 13.8. The van der Waals surface area contributed by atoms with Gasteiger partial charge >= 0.3 is 6.09 Å². The molecule has 0 heterocycles. The molecule has 0 saturated carbocycles. The van der Waals surface area contributed by atoms with Crippen molar-refractivity contribution < 1.29 is 24.2 Å². The number of rotatable bonds is 9. The van der Waals surface area contributed by atoms with Gasteiger partial charge in [0.25, 0.3) is 0 Å². The lowest BCUT2D eigenvalue weighted by Gasteiger charge is -2.39. The first-order valence-electron chi connectivity index (χ1n) is 12.3. The van der Waals surface area contributed by atoms with Crippen LogP contribution < -0.4 is 10.6 Å². The topological polar surface area (TPSA) is 108 Å². The SMILES string of the molecule is CC(C)CCC(C)N(C(=O)C(C)NC(=O)OC(C)(C)C)C(C(=O)NC(C)(C)C)c1ccccc1O. The Morgan fingerprint density at radius 3 is 2.03 bits per heavy atom. The van der Waals surface area contributed by atoms with E-state index in [9.17, 15) is 19.5 Å². The third kappa shape index (κ3) is 10.2. The molecule has 1 aromatic rings. The average Bonchev–Trinajstić information content (AvgIpc) is 2.67. The van der Waals surface area contributed by atoms with E-state index in [1.165, 1.54) is 11.0 Å². The van der Waals surface area contributed by atoms with Crippen LogP contribution in [-0.4, -0.2) is 51.1 Å². The van der Waals surface area contributed by atoms with Crippen molar-refractivity contribution in [2.24, 2.45) is 5.92 Å². The molecule has 0 aromatic heterocycles. The van der Waals surface area contributed by atoms with Crippen LogP contribution in [0.2, 0.25) is 0 Å². The molecule has 3 atom stereocenters. The third-order valence-electron chi connectivity index (χ3n) is 5.25. The minimum Gasteiger partial charge on any atom is -0.508 e. The number of phenolic OH excluding ortho intramolecular Hbond substituents is 1. The van der Waals surface area contributed by atoms with E-state index in [0.717, 1.165) is 6.42 Å². The molecule has 0 aliphatic carbocycles. The van der Waals surface area contributed by atoms with Crippen LogP contribution in [0.15, 0.2) is 24.3 Å². The molecular formula is C27H45N3O5. The Morgan fingerprint density at radius 1 is 0.971 bits per heavy atom. The maximum Gasteiger partial charge on any atom is 0.408 e. The number of nitrogens with one attached hydrogen (secondary N) is 2. The number of para-hydroxylation sites is 1. The lowest BCUT2D eigenvalue weighted by Crippen LogP contribution is -2.56. The molecule has 0 aliphatic heterocycles. The zero-order chi connectivity index (χ0) is 27.1. The van der Waals surface area contributed by atoms with Gasteiger partial charge < -0.3 is 25.4 Å². The van der Waals surface area contributed by atoms with E-state index < -0.39 is 41.1 Å². The van der Waals surface area contributed by atoms with Crippen LogP contribution in [0.5, 0.6) is 5.75 Å². The van der Waals surface area contributed by atoms with E-state index in [-0.39, 0.29) is 11.8 Å². The molecule has 0 aliphatic rings. The lowest BCUT2D eigenvalue weighted by atomic mass is 9.96. The fraction of sp³-hybridized carbons (Fsp3) is 0.667. The number of hydrogen-bond donors (Lipinski definition) is 3. The minimum absolute atomic E-state index is 0.0804. The Bertz CT molecular complexity index is 870. The smallest absolute Gasteiger partial charge is 0.408 e. The largest absolute Gasteiger partial charge is 0.508 e. The molecule has 3 unspecified atom stereocenters. The van der Waals surface area contributed by atoms with E-state index in [0.29, 0.717) is 17.9 Å². The number of hydrogen-bond acceptors (Lipinski definition) is 5. The number of amides is 3. The van der Waals surface area contributed by atoms with Crippen molar-refractivity contribution in [3.05, 3.63) is 29.8 Å². The summed E-state index contributed by atoms with van der Waals surface area (Å²) in [5, 5.41) is 16.2. The number of ether oxygens (including phenoxy) is 1. The molecule has 1 aromatic carbocycles. The van der Waals surface area contributed by atoms with Gasteiger partial charge in [0.15, 0.2) is 0 Å². The molecule has 0 fully saturated rings. The summed E-state index contributed by atoms with van der Waals surface area (Å²) in [5.74, 6) is -0.528. The molecule has 3 N–H and O–H groups in total. The number of carbonyl (C=O) groups is 3. The lowest BCUT2D eigenvalue weighted by molar-refractivity contribution is -0.145. The molecule has 0 bridgehead atoms. The standard InChI is InChI=1S/C27H45N3O5/c1-17(2)15-16-18(3)30(24(33)19(4)28-25(34)35-27(8,9)10)22(23(32)29-26(5,6)7)20-13-11-12-14-21(20)31/h11-14,17-19,22,31H,15-16H2,1-10H3,(H,28,34)(H,29,32). The van der Waals surface area contributed by atoms with E-state index in [1.54, 1.807) is 45.9 Å². The zero-order valence-corrected chi connectivity index (χ0v) is 23.1. The first-order chi connectivity index (χ1) is 15.9. The van der Waals surface area contributed by atoms with Crippen LogP contribution in [0.4, 0.5) is 4.79 Å². The predicted octanol–water partition coefficient (Wildman–Crippen LogP) is 4.91. The number of carbonyl (C=O) groups excluding carboxylic acids is 3. The highest BCUT2D eigenvalue weighted by Gasteiger charge is 2.39. The van der Waals surface area contributed by atoms with E-state index >= 15 is 0 Å². The van der Waals surface area contributed by atoms with E-state index in [4.69, 9.17) is 4.74 Å². The summed E-state index contributed by atoms with van der Waals surface area (Å²) < 4.78 is 5.32. The molecule has 35 heavy (non-hydrogen) atoms. The Balaban J connectivity index is 3.49. The van der Waals surface area contributed by atoms with Crippen LogP contribution in [0.1, 0.15) is 93.7 Å². The van der Waals surface area contributed by atoms with Gasteiger partial charge in [0, 0.05) is 17.1 Å². The molecule has 0 saturated heterocycles. The molecule has 0 spiro atoms. The Labute approximate surface area is 210 Å². The second-order valence-electron chi connectivity index (χ2n) is 11.6. The summed E-state index contributed by atoms with van der Waals surface area (Å²) in [7, 11) is 0. The summed E-state index contributed by atoms with van der Waals surface area (Å²) in [6.45, 7) is 18.4. The first kappa shape index (κ1) is 30.3. The van der Waals surface area contributed by atoms with Crippen molar-refractivity contribution in [1.29, 1.82) is 0 Å². The fourth-order valence-corrected chi connectivity index (χ4v) is 3.66. The average molecular weight is 492 g/mol. The molecular weight excluding hydrogens is 446 g/mol. The van der Waals surface area contributed by atoms with Gasteiger partial charge in [-0.25, -0.2) is 4.79 Å². The summed E-state index contributed by atoms with van der Waals surface area (Å²) >= 11 is 0. The quantitative estimate of drug-likeness (QED) is 0.455. The molecule has 8 heteroatoms. The molecule has 3 amide bonds. The van der Waals surface area contributed by atoms with Crippen molar-refractivity contribution in [3.8, 4) is 5.75 Å². The van der Waals surface area contributed by atoms with Gasteiger partial charge in [-0.3, -0.25) is 9.59 Å². The van der Waals surface area contributed by atoms with Gasteiger partial charge in [0.05, 0.1) is 0 Å². The number of aromatic hydroxyl groups is 1. The third-order valence-corrected chi connectivity index (χ3v) is 5.25. The normalized spacial score (nSPS) is 14.6. The highest BCUT2D eigenvalue weighted by Crippen LogP contribution is 2.33. The highest BCUT2D eigenvalue weighted by atomic mass is 16.6. The van der Waals surface area contributed by atoms with Gasteiger partial charge in [-0.15, -0.1) is 0 Å². The molecule has 8 nitrogen and oxygen atoms in total. The first-order valence-corrected chi connectivity index (χ1v) is 12.3. The van der Waals surface area contributed by atoms with Crippen LogP contribution in [-0.2, 0) is 14.3 Å². The maximum atomic E-state index is 13.8. The van der Waals surface area contributed by atoms with Crippen molar-refractivity contribution in [1.82, 2.24) is 15.5 Å². The fourth-order valence-electron chi connectivity index (χ4n) is 3.66. The van der Waals surface area contributed by atoms with E-state index in [1.807, 2.05) is 27.7 Å². The van der Waals surface area contributed by atoms with Crippen LogP contribution in [0.3, 0.4) is 0 Å². The summed E-state index contributed by atoms with van der Waals surface area (Å²) in [6.07, 6.45) is 0.772. The summed E-state index contributed by atoms with van der Waals surface area (Å²) in [5.41, 5.74) is -0.957. The number of benzene rings is 1. The van der Waals surface area contributed by atoms with E-state index in [2.05, 4.69) is 24.5 Å². The van der Waals surface area contributed by atoms with Gasteiger partial charge in [-0.2, -0.15) is 0 Å². The van der Waals surface area contributed by atoms with Gasteiger partial charge in [-0.05, 0) is 80.2 Å². The Kier molecular flexibility index (Phi) is 10.6. The van der Waals surface area contributed by atoms with Crippen LogP contribution in [0.25, 0.3) is 0 Å². The van der Waals surface area contributed by atoms with Gasteiger partial charge in [0.1, 0.15) is 23.4 Å². The van der Waals surface area contributed by atoms with Crippen LogP contribution >= 0.6 is 0 Å². The summed E-state index contributed by atoms with van der Waals surface area (Å²) in [4.78, 5) is 41.3. The predicted molar refractivity (Wildman–Crippen MR) is 138 cm³/mol. The summed E-state index contributed by atoms with van der Waals surface area (Å²) in [6, 6.07) is 4.13. The molecule has 198 valence electrons. The zero-order valence-electron chi connectivity index (χ0n) is 23.1. The van der Waals surface area contributed by atoms with Crippen molar-refractivity contribution >= 4 is 17.9 Å².